The van der Waals surface area contributed by atoms with Crippen LogP contribution in [0.15, 0.2) is 48.7 Å². The smallest absolute Gasteiger partial charge is 0.407 e. The fourth-order valence-electron chi connectivity index (χ4n) is 9.55. The van der Waals surface area contributed by atoms with Gasteiger partial charge < -0.3 is 49.7 Å². The number of rotatable bonds is 12. The standard InChI is InChI=1S/C46H56N8O8/c1-8-24(4)39(52-46(59)61-7)43(55)53-20-26(21-60-6)15-36(53)41-47-19-34(49-41)28-10-12-30-29(16-28)22-62-37-18-31-27(17-32(30)37)11-13-33-40(31)50-42(48-33)35-14-9-25(5)54(35)44(56)38(23(2)3)51-45(57)58/h10-13,16-19,23-26,35-36,38-39,51H,8-9,14-15,20-22H2,1-7H3,(H,47,49)(H,48,50)(H,52,59)(H,57,58)/t24-,25+,26+,35+,36+,38+,39+/m1/s1. The maximum absolute atomic E-state index is 14.1. The van der Waals surface area contributed by atoms with Crippen LogP contribution in [0.4, 0.5) is 9.59 Å². The number of imidazole rings is 2. The molecule has 3 aliphatic rings. The minimum absolute atomic E-state index is 0.0709. The number of carbonyl (C=O) groups excluding carboxylic acids is 3. The van der Waals surface area contributed by atoms with Gasteiger partial charge in [-0.3, -0.25) is 9.59 Å². The molecule has 2 aromatic heterocycles. The molecule has 3 aromatic carbocycles. The molecule has 3 aliphatic heterocycles. The lowest BCUT2D eigenvalue weighted by Crippen LogP contribution is -2.52. The summed E-state index contributed by atoms with van der Waals surface area (Å²) in [6.07, 6.45) is 2.79. The average Bonchev–Trinajstić information content (AvgIpc) is 4.09. The lowest BCUT2D eigenvalue weighted by molar-refractivity contribution is -0.137. The van der Waals surface area contributed by atoms with Crippen molar-refractivity contribution in [1.29, 1.82) is 0 Å². The van der Waals surface area contributed by atoms with Crippen LogP contribution in [0.3, 0.4) is 0 Å². The first-order valence-corrected chi connectivity index (χ1v) is 21.5. The molecule has 0 saturated carbocycles. The summed E-state index contributed by atoms with van der Waals surface area (Å²) in [5.41, 5.74) is 6.43. The Morgan fingerprint density at radius 3 is 2.48 bits per heavy atom. The minimum atomic E-state index is -1.22. The highest BCUT2D eigenvalue weighted by Crippen LogP contribution is 2.44. The van der Waals surface area contributed by atoms with Gasteiger partial charge in [0.1, 0.15) is 36.1 Å². The third-order valence-electron chi connectivity index (χ3n) is 13.1. The maximum atomic E-state index is 14.1. The van der Waals surface area contributed by atoms with E-state index in [0.717, 1.165) is 61.9 Å². The largest absolute Gasteiger partial charge is 0.488 e. The molecule has 0 bridgehead atoms. The molecule has 2 saturated heterocycles. The van der Waals surface area contributed by atoms with Gasteiger partial charge in [0.2, 0.25) is 11.8 Å². The van der Waals surface area contributed by atoms with Crippen molar-refractivity contribution in [3.8, 4) is 28.1 Å². The third-order valence-corrected chi connectivity index (χ3v) is 13.1. The summed E-state index contributed by atoms with van der Waals surface area (Å²) in [6, 6.07) is 12.2. The number of H-pyrrole nitrogens is 2. The van der Waals surface area contributed by atoms with Crippen molar-refractivity contribution < 1.29 is 38.5 Å². The number of benzene rings is 3. The quantitative estimate of drug-likeness (QED) is 0.0847. The summed E-state index contributed by atoms with van der Waals surface area (Å²) in [4.78, 5) is 72.2. The topological polar surface area (TPSA) is 204 Å². The Morgan fingerprint density at radius 1 is 0.952 bits per heavy atom. The predicted octanol–water partition coefficient (Wildman–Crippen LogP) is 7.32. The zero-order valence-corrected chi connectivity index (χ0v) is 36.3. The molecule has 2 fully saturated rings. The highest BCUT2D eigenvalue weighted by molar-refractivity contribution is 6.07. The second-order valence-electron chi connectivity index (χ2n) is 17.4. The number of methoxy groups -OCH3 is 2. The number of alkyl carbamates (subject to hydrolysis) is 1. The van der Waals surface area contributed by atoms with E-state index in [1.165, 1.54) is 7.11 Å². The van der Waals surface area contributed by atoms with Crippen molar-refractivity contribution in [3.63, 3.8) is 0 Å². The maximum Gasteiger partial charge on any atom is 0.407 e. The van der Waals surface area contributed by atoms with Crippen LogP contribution in [0, 0.1) is 17.8 Å². The van der Waals surface area contributed by atoms with E-state index in [2.05, 4.69) is 50.9 Å². The molecule has 5 heterocycles. The fraction of sp³-hybridized carbons (Fsp3) is 0.478. The van der Waals surface area contributed by atoms with Crippen LogP contribution in [0.2, 0.25) is 0 Å². The van der Waals surface area contributed by atoms with Crippen LogP contribution in [-0.2, 0) is 25.7 Å². The van der Waals surface area contributed by atoms with E-state index in [0.29, 0.717) is 50.7 Å². The first-order valence-electron chi connectivity index (χ1n) is 21.5. The van der Waals surface area contributed by atoms with Gasteiger partial charge in [0.15, 0.2) is 0 Å². The number of amides is 4. The lowest BCUT2D eigenvalue weighted by Gasteiger charge is -2.32. The predicted molar refractivity (Wildman–Crippen MR) is 232 cm³/mol. The summed E-state index contributed by atoms with van der Waals surface area (Å²) < 4.78 is 16.8. The van der Waals surface area contributed by atoms with Crippen LogP contribution < -0.4 is 15.4 Å². The molecule has 0 spiro atoms. The van der Waals surface area contributed by atoms with Gasteiger partial charge in [-0.1, -0.05) is 52.3 Å². The molecule has 8 rings (SSSR count). The second-order valence-corrected chi connectivity index (χ2v) is 17.4. The Morgan fingerprint density at radius 2 is 1.76 bits per heavy atom. The van der Waals surface area contributed by atoms with E-state index in [1.807, 2.05) is 51.7 Å². The van der Waals surface area contributed by atoms with E-state index in [4.69, 9.17) is 24.2 Å². The number of ether oxygens (including phenoxy) is 3. The van der Waals surface area contributed by atoms with Gasteiger partial charge in [0.25, 0.3) is 0 Å². The molecular formula is C46H56N8O8. The number of aromatic amines is 2. The van der Waals surface area contributed by atoms with Gasteiger partial charge in [-0.2, -0.15) is 0 Å². The fourth-order valence-corrected chi connectivity index (χ4v) is 9.55. The van der Waals surface area contributed by atoms with Gasteiger partial charge in [-0.05, 0) is 84.4 Å². The number of carbonyl (C=O) groups is 4. The Balaban J connectivity index is 1.05. The van der Waals surface area contributed by atoms with E-state index < -0.39 is 24.3 Å². The molecule has 4 amide bonds. The lowest BCUT2D eigenvalue weighted by atomic mass is 9.92. The summed E-state index contributed by atoms with van der Waals surface area (Å²) in [5, 5.41) is 16.6. The van der Waals surface area contributed by atoms with Gasteiger partial charge >= 0.3 is 12.2 Å². The average molecular weight is 849 g/mol. The highest BCUT2D eigenvalue weighted by Gasteiger charge is 2.43. The molecule has 0 aliphatic carbocycles. The van der Waals surface area contributed by atoms with Crippen molar-refractivity contribution >= 4 is 45.8 Å². The summed E-state index contributed by atoms with van der Waals surface area (Å²) in [6.45, 7) is 10.9. The monoisotopic (exact) mass is 848 g/mol. The molecule has 62 heavy (non-hydrogen) atoms. The normalized spacial score (nSPS) is 21.0. The number of carboxylic acid groups (broad SMARTS) is 1. The summed E-state index contributed by atoms with van der Waals surface area (Å²) in [7, 11) is 2.95. The molecule has 0 unspecified atom stereocenters. The number of aromatic nitrogens is 4. The zero-order chi connectivity index (χ0) is 44.0. The molecular weight excluding hydrogens is 793 g/mol. The number of nitrogens with one attached hydrogen (secondary N) is 4. The summed E-state index contributed by atoms with van der Waals surface area (Å²) >= 11 is 0. The molecule has 0 radical (unpaired) electrons. The number of fused-ring (bicyclic) bond motifs is 6. The van der Waals surface area contributed by atoms with E-state index in [1.54, 1.807) is 18.2 Å². The first kappa shape index (κ1) is 42.5. The van der Waals surface area contributed by atoms with Crippen molar-refractivity contribution in [3.05, 3.63) is 65.9 Å². The van der Waals surface area contributed by atoms with Crippen LogP contribution in [0.1, 0.15) is 89.6 Å². The van der Waals surface area contributed by atoms with Gasteiger partial charge in [0.05, 0.1) is 48.7 Å². The molecule has 328 valence electrons. The van der Waals surface area contributed by atoms with Gasteiger partial charge in [0, 0.05) is 36.6 Å². The Bertz CT molecular complexity index is 2510. The van der Waals surface area contributed by atoms with Crippen molar-refractivity contribution in [2.45, 2.75) is 97.1 Å². The van der Waals surface area contributed by atoms with Crippen molar-refractivity contribution in [2.24, 2.45) is 17.8 Å². The zero-order valence-electron chi connectivity index (χ0n) is 36.3. The molecule has 5 aromatic rings. The van der Waals surface area contributed by atoms with Gasteiger partial charge in [-0.25, -0.2) is 19.6 Å². The van der Waals surface area contributed by atoms with Crippen LogP contribution in [0.5, 0.6) is 5.75 Å². The molecule has 5 N–H and O–H groups in total. The molecule has 7 atom stereocenters. The number of likely N-dealkylation sites (tertiary alicyclic amines) is 2. The SMILES string of the molecule is CC[C@@H](C)[C@H](NC(=O)OC)C(=O)N1C[C@@H](COC)C[C@H]1c1ncc(-c2ccc3c(c2)COc2cc4c(ccc5nc([C@@H]6CC[C@H](C)N6C(=O)[C@@H](NC(=O)O)C(C)C)[nH]c54)cc2-3)[nH]1. The second kappa shape index (κ2) is 17.3. The van der Waals surface area contributed by atoms with Gasteiger partial charge in [-0.15, -0.1) is 0 Å². The summed E-state index contributed by atoms with van der Waals surface area (Å²) in [5.74, 6) is 1.45. The van der Waals surface area contributed by atoms with Crippen LogP contribution in [-0.4, -0.2) is 104 Å². The molecule has 16 nitrogen and oxygen atoms in total. The number of nitrogens with zero attached hydrogens (tertiary/aromatic N) is 4. The third kappa shape index (κ3) is 7.91. The van der Waals surface area contributed by atoms with Crippen LogP contribution >= 0.6 is 0 Å². The van der Waals surface area contributed by atoms with E-state index in [9.17, 15) is 24.3 Å². The Labute approximate surface area is 360 Å². The van der Waals surface area contributed by atoms with Crippen molar-refractivity contribution in [2.75, 3.05) is 27.4 Å². The van der Waals surface area contributed by atoms with E-state index >= 15 is 0 Å². The number of hydrogen-bond acceptors (Lipinski definition) is 9. The number of hydrogen-bond donors (Lipinski definition) is 5. The Hall–Kier alpha value is -6.16. The highest BCUT2D eigenvalue weighted by atomic mass is 16.5. The van der Waals surface area contributed by atoms with Crippen LogP contribution in [0.25, 0.3) is 44.2 Å². The minimum Gasteiger partial charge on any atom is -0.488 e. The van der Waals surface area contributed by atoms with E-state index in [-0.39, 0.29) is 47.7 Å². The Kier molecular flexibility index (Phi) is 11.9. The molecule has 16 heteroatoms. The van der Waals surface area contributed by atoms with Crippen molar-refractivity contribution in [1.82, 2.24) is 40.4 Å². The first-order chi connectivity index (χ1) is 29.8.